The maximum absolute atomic E-state index is 12.1. The third kappa shape index (κ3) is 4.90. The van der Waals surface area contributed by atoms with Crippen molar-refractivity contribution in [3.8, 4) is 11.5 Å². The first kappa shape index (κ1) is 20.6. The Hall–Kier alpha value is -2.76. The van der Waals surface area contributed by atoms with Crippen LogP contribution < -0.4 is 15.1 Å². The number of hydrogen-bond donors (Lipinski definition) is 0. The van der Waals surface area contributed by atoms with Gasteiger partial charge in [-0.3, -0.25) is 4.79 Å². The number of ether oxygens (including phenoxy) is 3. The van der Waals surface area contributed by atoms with E-state index in [0.29, 0.717) is 40.0 Å². The fraction of sp³-hybridized carbons (Fsp3) is 0.429. The van der Waals surface area contributed by atoms with Gasteiger partial charge < -0.3 is 18.6 Å². The fourth-order valence-corrected chi connectivity index (χ4v) is 2.82. The zero-order chi connectivity index (χ0) is 20.1. The Labute approximate surface area is 158 Å². The summed E-state index contributed by atoms with van der Waals surface area (Å²) in [5, 5.41) is 0.641. The molecule has 0 spiro atoms. The predicted octanol–water partition coefficient (Wildman–Crippen LogP) is 3.89. The first-order valence-electron chi connectivity index (χ1n) is 8.79. The van der Waals surface area contributed by atoms with Gasteiger partial charge in [-0.1, -0.05) is 20.4 Å². The zero-order valence-electron chi connectivity index (χ0n) is 16.5. The van der Waals surface area contributed by atoms with Crippen LogP contribution in [0.1, 0.15) is 32.8 Å². The van der Waals surface area contributed by atoms with E-state index in [9.17, 15) is 9.59 Å². The monoisotopic (exact) mass is 374 g/mol. The van der Waals surface area contributed by atoms with E-state index in [1.165, 1.54) is 20.3 Å². The van der Waals surface area contributed by atoms with E-state index in [0.717, 1.165) is 0 Å². The topological polar surface area (TPSA) is 75.0 Å². The van der Waals surface area contributed by atoms with Crippen molar-refractivity contribution in [1.82, 2.24) is 0 Å². The number of methoxy groups -OCH3 is 2. The van der Waals surface area contributed by atoms with Crippen LogP contribution in [-0.4, -0.2) is 26.3 Å². The molecule has 0 saturated carbocycles. The lowest BCUT2D eigenvalue weighted by Crippen LogP contribution is -2.23. The summed E-state index contributed by atoms with van der Waals surface area (Å²) in [4.78, 5) is 23.9. The van der Waals surface area contributed by atoms with Crippen LogP contribution in [0.15, 0.2) is 39.6 Å². The Bertz CT molecular complexity index is 893. The van der Waals surface area contributed by atoms with Gasteiger partial charge in [0.2, 0.25) is 0 Å². The van der Waals surface area contributed by atoms with Crippen molar-refractivity contribution < 1.29 is 23.4 Å². The number of benzene rings is 1. The summed E-state index contributed by atoms with van der Waals surface area (Å²) in [6.07, 6.45) is 0.0297. The van der Waals surface area contributed by atoms with Crippen molar-refractivity contribution >= 4 is 16.9 Å². The normalized spacial score (nSPS) is 12.1. The quantitative estimate of drug-likeness (QED) is 0.396. The molecule has 27 heavy (non-hydrogen) atoms. The van der Waals surface area contributed by atoms with Crippen molar-refractivity contribution in [2.24, 2.45) is 5.92 Å². The summed E-state index contributed by atoms with van der Waals surface area (Å²) < 4.78 is 21.9. The first-order valence-corrected chi connectivity index (χ1v) is 8.79. The molecular weight excluding hydrogens is 348 g/mol. The minimum absolute atomic E-state index is 0.192. The lowest BCUT2D eigenvalue weighted by molar-refractivity contribution is -0.148. The predicted molar refractivity (Wildman–Crippen MR) is 103 cm³/mol. The van der Waals surface area contributed by atoms with Gasteiger partial charge in [0.15, 0.2) is 0 Å². The molecule has 1 aromatic carbocycles. The highest BCUT2D eigenvalue weighted by Crippen LogP contribution is 2.36. The average Bonchev–Trinajstić information content (AvgIpc) is 2.60. The minimum atomic E-state index is -0.563. The average molecular weight is 374 g/mol. The Balaban J connectivity index is 2.51. The smallest absolute Gasteiger partial charge is 0.336 e. The van der Waals surface area contributed by atoms with Crippen LogP contribution in [0.3, 0.4) is 0 Å². The van der Waals surface area contributed by atoms with Crippen LogP contribution in [0, 0.1) is 5.92 Å². The van der Waals surface area contributed by atoms with E-state index >= 15 is 0 Å². The van der Waals surface area contributed by atoms with Gasteiger partial charge in [-0.05, 0) is 24.5 Å². The van der Waals surface area contributed by atoms with Gasteiger partial charge in [0.1, 0.15) is 23.2 Å². The molecule has 1 aromatic heterocycles. The van der Waals surface area contributed by atoms with Crippen molar-refractivity contribution in [2.45, 2.75) is 39.7 Å². The number of hydrogen-bond acceptors (Lipinski definition) is 6. The number of carbonyl (C=O) groups is 1. The third-order valence-corrected chi connectivity index (χ3v) is 4.16. The van der Waals surface area contributed by atoms with Gasteiger partial charge in [0.25, 0.3) is 0 Å². The standard InChI is InChI=1S/C21H26O6/c1-12(2)9-20(23)26-16(13(3)4)10-15-18(25-6)11-17(24-5)14-7-8-19(22)27-21(14)15/h7-8,11-12,16H,3,9-10H2,1-2,4-6H3/t16-/m0/s1. The number of rotatable bonds is 8. The van der Waals surface area contributed by atoms with Crippen molar-refractivity contribution in [3.05, 3.63) is 46.3 Å². The highest BCUT2D eigenvalue weighted by atomic mass is 16.5. The van der Waals surface area contributed by atoms with Crippen LogP contribution in [0.5, 0.6) is 11.5 Å². The number of fused-ring (bicyclic) bond motifs is 1. The summed E-state index contributed by atoms with van der Waals surface area (Å²) in [7, 11) is 3.05. The third-order valence-electron chi connectivity index (χ3n) is 4.16. The van der Waals surface area contributed by atoms with Gasteiger partial charge in [-0.25, -0.2) is 4.79 Å². The highest BCUT2D eigenvalue weighted by Gasteiger charge is 2.23. The molecular formula is C21H26O6. The molecule has 6 nitrogen and oxygen atoms in total. The van der Waals surface area contributed by atoms with Gasteiger partial charge in [-0.15, -0.1) is 0 Å². The van der Waals surface area contributed by atoms with Crippen LogP contribution in [-0.2, 0) is 16.0 Å². The van der Waals surface area contributed by atoms with E-state index in [1.807, 2.05) is 13.8 Å². The molecule has 0 saturated heterocycles. The summed E-state index contributed by atoms with van der Waals surface area (Å²) in [6, 6.07) is 4.70. The summed E-state index contributed by atoms with van der Waals surface area (Å²) >= 11 is 0. The lowest BCUT2D eigenvalue weighted by atomic mass is 9.99. The Morgan fingerprint density at radius 2 is 1.85 bits per heavy atom. The van der Waals surface area contributed by atoms with Crippen LogP contribution >= 0.6 is 0 Å². The van der Waals surface area contributed by atoms with E-state index in [4.69, 9.17) is 18.6 Å². The molecule has 0 fully saturated rings. The first-order chi connectivity index (χ1) is 12.8. The van der Waals surface area contributed by atoms with Crippen molar-refractivity contribution in [2.75, 3.05) is 14.2 Å². The molecule has 0 unspecified atom stereocenters. The lowest BCUT2D eigenvalue weighted by Gasteiger charge is -2.21. The maximum atomic E-state index is 12.1. The molecule has 0 aliphatic rings. The Morgan fingerprint density at radius 1 is 1.19 bits per heavy atom. The van der Waals surface area contributed by atoms with Crippen molar-refractivity contribution in [1.29, 1.82) is 0 Å². The van der Waals surface area contributed by atoms with Gasteiger partial charge in [0.05, 0.1) is 19.6 Å². The van der Waals surface area contributed by atoms with E-state index < -0.39 is 11.7 Å². The second kappa shape index (κ2) is 8.75. The molecule has 0 aliphatic carbocycles. The molecule has 0 bridgehead atoms. The molecule has 0 radical (unpaired) electrons. The second-order valence-corrected chi connectivity index (χ2v) is 6.88. The summed E-state index contributed by atoms with van der Waals surface area (Å²) in [5.74, 6) is 0.909. The molecule has 2 rings (SSSR count). The van der Waals surface area contributed by atoms with Crippen LogP contribution in [0.2, 0.25) is 0 Å². The zero-order valence-corrected chi connectivity index (χ0v) is 16.5. The summed E-state index contributed by atoms with van der Waals surface area (Å²) in [5.41, 5.74) is 1.18. The van der Waals surface area contributed by atoms with E-state index in [1.54, 1.807) is 19.1 Å². The molecule has 1 heterocycles. The van der Waals surface area contributed by atoms with Gasteiger partial charge in [0, 0.05) is 30.5 Å². The SMILES string of the molecule is C=C(C)[C@H](Cc1c(OC)cc(OC)c2ccc(=O)oc12)OC(=O)CC(C)C. The largest absolute Gasteiger partial charge is 0.496 e. The molecule has 0 amide bonds. The fourth-order valence-electron chi connectivity index (χ4n) is 2.82. The molecule has 2 aromatic rings. The molecule has 146 valence electrons. The second-order valence-electron chi connectivity index (χ2n) is 6.88. The maximum Gasteiger partial charge on any atom is 0.336 e. The van der Waals surface area contributed by atoms with Crippen molar-refractivity contribution in [3.63, 3.8) is 0 Å². The van der Waals surface area contributed by atoms with E-state index in [2.05, 4.69) is 6.58 Å². The number of carbonyl (C=O) groups excluding carboxylic acids is 1. The van der Waals surface area contributed by atoms with Gasteiger partial charge in [-0.2, -0.15) is 0 Å². The van der Waals surface area contributed by atoms with Crippen LogP contribution in [0.25, 0.3) is 11.0 Å². The Morgan fingerprint density at radius 3 is 2.41 bits per heavy atom. The van der Waals surface area contributed by atoms with Crippen LogP contribution in [0.4, 0.5) is 0 Å². The summed E-state index contributed by atoms with van der Waals surface area (Å²) in [6.45, 7) is 9.63. The van der Waals surface area contributed by atoms with E-state index in [-0.39, 0.29) is 18.3 Å². The molecule has 0 aliphatic heterocycles. The molecule has 6 heteroatoms. The molecule has 0 N–H and O–H groups in total. The van der Waals surface area contributed by atoms with Gasteiger partial charge >= 0.3 is 11.6 Å². The minimum Gasteiger partial charge on any atom is -0.496 e. The number of esters is 1. The molecule has 1 atom stereocenters. The Kier molecular flexibility index (Phi) is 6.66. The highest BCUT2D eigenvalue weighted by molar-refractivity contribution is 5.88.